The predicted molar refractivity (Wildman–Crippen MR) is 69.3 cm³/mol. The Balaban J connectivity index is 2.41. The smallest absolute Gasteiger partial charge is 0.135 e. The molecule has 0 aliphatic heterocycles. The molecule has 1 atom stereocenters. The van der Waals surface area contributed by atoms with Crippen molar-refractivity contribution in [3.63, 3.8) is 0 Å². The molecular weight excluding hydrogens is 254 g/mol. The van der Waals surface area contributed by atoms with E-state index in [1.807, 2.05) is 13.8 Å². The zero-order valence-corrected chi connectivity index (χ0v) is 11.0. The number of aromatic nitrogens is 1. The van der Waals surface area contributed by atoms with Crippen molar-refractivity contribution in [2.24, 2.45) is 5.73 Å². The predicted octanol–water partition coefficient (Wildman–Crippen LogP) is 3.67. The molecule has 2 nitrogen and oxygen atoms in total. The third kappa shape index (κ3) is 2.42. The summed E-state index contributed by atoms with van der Waals surface area (Å²) in [6.07, 6.45) is 0.742. The molecule has 0 fully saturated rings. The number of benzene rings is 1. The van der Waals surface area contributed by atoms with Crippen LogP contribution in [-0.4, -0.2) is 4.98 Å². The van der Waals surface area contributed by atoms with Crippen LogP contribution in [0.15, 0.2) is 23.6 Å². The summed E-state index contributed by atoms with van der Waals surface area (Å²) in [5.41, 5.74) is 6.37. The van der Waals surface area contributed by atoms with Gasteiger partial charge in [-0.25, -0.2) is 13.8 Å². The Morgan fingerprint density at radius 2 is 2.11 bits per heavy atom. The van der Waals surface area contributed by atoms with Crippen LogP contribution in [0.4, 0.5) is 8.78 Å². The molecule has 5 heteroatoms. The Bertz CT molecular complexity index is 564. The molecule has 0 saturated heterocycles. The lowest BCUT2D eigenvalue weighted by Gasteiger charge is -2.18. The highest BCUT2D eigenvalue weighted by Gasteiger charge is 2.23. The fourth-order valence-electron chi connectivity index (χ4n) is 1.51. The highest BCUT2D eigenvalue weighted by molar-refractivity contribution is 7.10. The molecule has 18 heavy (non-hydrogen) atoms. The van der Waals surface area contributed by atoms with Crippen molar-refractivity contribution in [2.45, 2.75) is 25.8 Å². The number of rotatable bonds is 3. The lowest BCUT2D eigenvalue weighted by molar-refractivity contribution is 0.474. The van der Waals surface area contributed by atoms with Gasteiger partial charge in [-0.3, -0.25) is 0 Å². The summed E-state index contributed by atoms with van der Waals surface area (Å²) in [5.74, 6) is -1.20. The normalized spacial score (nSPS) is 14.5. The van der Waals surface area contributed by atoms with Crippen molar-refractivity contribution < 1.29 is 8.78 Å². The summed E-state index contributed by atoms with van der Waals surface area (Å²) < 4.78 is 26.5. The molecule has 1 aromatic heterocycles. The summed E-state index contributed by atoms with van der Waals surface area (Å²) in [5, 5.41) is 2.50. The number of nitrogens with zero attached hydrogens (tertiary/aromatic N) is 1. The lowest BCUT2D eigenvalue weighted by Crippen LogP contribution is -2.31. The van der Waals surface area contributed by atoms with Crippen LogP contribution in [0.25, 0.3) is 11.3 Å². The molecule has 1 unspecified atom stereocenters. The Labute approximate surface area is 108 Å². The van der Waals surface area contributed by atoms with E-state index in [9.17, 15) is 8.78 Å². The van der Waals surface area contributed by atoms with Crippen LogP contribution >= 0.6 is 11.3 Å². The highest BCUT2D eigenvalue weighted by Crippen LogP contribution is 2.30. The maximum absolute atomic E-state index is 13.6. The summed E-state index contributed by atoms with van der Waals surface area (Å²) >= 11 is 1.39. The molecule has 2 rings (SSSR count). The van der Waals surface area contributed by atoms with Crippen LogP contribution in [0.2, 0.25) is 0 Å². The number of hydrogen-bond acceptors (Lipinski definition) is 3. The third-order valence-corrected chi connectivity index (χ3v) is 4.06. The van der Waals surface area contributed by atoms with Gasteiger partial charge in [-0.15, -0.1) is 11.3 Å². The first-order valence-electron chi connectivity index (χ1n) is 5.64. The Morgan fingerprint density at radius 1 is 1.39 bits per heavy atom. The van der Waals surface area contributed by atoms with Crippen molar-refractivity contribution in [1.82, 2.24) is 4.98 Å². The van der Waals surface area contributed by atoms with E-state index in [1.165, 1.54) is 23.5 Å². The van der Waals surface area contributed by atoms with Crippen molar-refractivity contribution in [2.75, 3.05) is 0 Å². The highest BCUT2D eigenvalue weighted by atomic mass is 32.1. The van der Waals surface area contributed by atoms with Gasteiger partial charge in [-0.2, -0.15) is 0 Å². The number of halogens is 2. The van der Waals surface area contributed by atoms with Crippen LogP contribution in [-0.2, 0) is 5.54 Å². The topological polar surface area (TPSA) is 38.9 Å². The van der Waals surface area contributed by atoms with Crippen molar-refractivity contribution in [1.29, 1.82) is 0 Å². The average Bonchev–Trinajstić information content (AvgIpc) is 2.79. The molecule has 1 heterocycles. The first kappa shape index (κ1) is 13.1. The SMILES string of the molecule is CCC(C)(N)c1nc(-c2ccc(F)cc2F)cs1. The van der Waals surface area contributed by atoms with Crippen LogP contribution in [0.1, 0.15) is 25.3 Å². The molecular formula is C13H14F2N2S. The molecule has 0 radical (unpaired) electrons. The molecule has 0 aliphatic carbocycles. The van der Waals surface area contributed by atoms with Gasteiger partial charge in [0.2, 0.25) is 0 Å². The van der Waals surface area contributed by atoms with Gasteiger partial charge in [-0.1, -0.05) is 6.92 Å². The zero-order chi connectivity index (χ0) is 13.3. The average molecular weight is 268 g/mol. The molecule has 0 amide bonds. The van der Waals surface area contributed by atoms with Crippen molar-refractivity contribution >= 4 is 11.3 Å². The fourth-order valence-corrected chi connectivity index (χ4v) is 2.48. The number of hydrogen-bond donors (Lipinski definition) is 1. The molecule has 96 valence electrons. The van der Waals surface area contributed by atoms with E-state index in [-0.39, 0.29) is 0 Å². The van der Waals surface area contributed by atoms with Gasteiger partial charge < -0.3 is 5.73 Å². The Hall–Kier alpha value is -1.33. The molecule has 2 N–H and O–H groups in total. The van der Waals surface area contributed by atoms with Crippen LogP contribution in [0, 0.1) is 11.6 Å². The molecule has 0 saturated carbocycles. The molecule has 2 aromatic rings. The number of thiazole rings is 1. The molecule has 0 bridgehead atoms. The minimum Gasteiger partial charge on any atom is -0.320 e. The van der Waals surface area contributed by atoms with Crippen LogP contribution in [0.3, 0.4) is 0 Å². The summed E-state index contributed by atoms with van der Waals surface area (Å²) in [4.78, 5) is 4.34. The van der Waals surface area contributed by atoms with Gasteiger partial charge in [0.25, 0.3) is 0 Å². The van der Waals surface area contributed by atoms with Crippen LogP contribution in [0.5, 0.6) is 0 Å². The quantitative estimate of drug-likeness (QED) is 0.922. The van der Waals surface area contributed by atoms with Gasteiger partial charge in [0, 0.05) is 17.0 Å². The monoisotopic (exact) mass is 268 g/mol. The van der Waals surface area contributed by atoms with E-state index >= 15 is 0 Å². The second-order valence-corrected chi connectivity index (χ2v) is 5.29. The standard InChI is InChI=1S/C13H14F2N2S/c1-3-13(2,16)12-17-11(7-18-12)9-5-4-8(14)6-10(9)15/h4-7H,3,16H2,1-2H3. The summed E-state index contributed by atoms with van der Waals surface area (Å²) in [6, 6.07) is 3.47. The van der Waals surface area contributed by atoms with Crippen molar-refractivity contribution in [3.05, 3.63) is 40.2 Å². The maximum atomic E-state index is 13.6. The van der Waals surface area contributed by atoms with Gasteiger partial charge in [0.1, 0.15) is 16.6 Å². The van der Waals surface area contributed by atoms with E-state index in [1.54, 1.807) is 5.38 Å². The second kappa shape index (κ2) is 4.74. The van der Waals surface area contributed by atoms with Crippen LogP contribution < -0.4 is 5.73 Å². The number of nitrogens with two attached hydrogens (primary N) is 1. The van der Waals surface area contributed by atoms with Gasteiger partial charge in [0.15, 0.2) is 0 Å². The third-order valence-electron chi connectivity index (χ3n) is 2.93. The second-order valence-electron chi connectivity index (χ2n) is 4.43. The summed E-state index contributed by atoms with van der Waals surface area (Å²) in [6.45, 7) is 3.86. The van der Waals surface area contributed by atoms with E-state index < -0.39 is 17.2 Å². The molecule has 0 aliphatic rings. The van der Waals surface area contributed by atoms with E-state index in [2.05, 4.69) is 4.98 Å². The van der Waals surface area contributed by atoms with Gasteiger partial charge in [0.05, 0.1) is 11.2 Å². The fraction of sp³-hybridized carbons (Fsp3) is 0.308. The van der Waals surface area contributed by atoms with Crippen molar-refractivity contribution in [3.8, 4) is 11.3 Å². The zero-order valence-electron chi connectivity index (χ0n) is 10.2. The van der Waals surface area contributed by atoms with E-state index in [4.69, 9.17) is 5.73 Å². The first-order chi connectivity index (χ1) is 8.44. The lowest BCUT2D eigenvalue weighted by atomic mass is 10.0. The van der Waals surface area contributed by atoms with Gasteiger partial charge in [-0.05, 0) is 25.5 Å². The largest absolute Gasteiger partial charge is 0.320 e. The van der Waals surface area contributed by atoms with E-state index in [0.29, 0.717) is 11.3 Å². The Kier molecular flexibility index (Phi) is 3.45. The minimum absolute atomic E-state index is 0.297. The molecule has 0 spiro atoms. The van der Waals surface area contributed by atoms with E-state index in [0.717, 1.165) is 17.5 Å². The maximum Gasteiger partial charge on any atom is 0.135 e. The Morgan fingerprint density at radius 3 is 2.72 bits per heavy atom. The van der Waals surface area contributed by atoms with Gasteiger partial charge >= 0.3 is 0 Å². The first-order valence-corrected chi connectivity index (χ1v) is 6.52. The molecule has 1 aromatic carbocycles. The minimum atomic E-state index is -0.609. The summed E-state index contributed by atoms with van der Waals surface area (Å²) in [7, 11) is 0.